The Kier molecular flexibility index (Phi) is 6.32. The highest BCUT2D eigenvalue weighted by Gasteiger charge is 2.13. The molecule has 0 amide bonds. The molecule has 0 aliphatic heterocycles. The van der Waals surface area contributed by atoms with E-state index in [4.69, 9.17) is 9.47 Å². The molecule has 0 atom stereocenters. The predicted octanol–water partition coefficient (Wildman–Crippen LogP) is 3.16. The summed E-state index contributed by atoms with van der Waals surface area (Å²) in [6.45, 7) is 4.89. The van der Waals surface area contributed by atoms with Crippen molar-refractivity contribution in [2.75, 3.05) is 13.7 Å². The van der Waals surface area contributed by atoms with Crippen molar-refractivity contribution in [2.24, 2.45) is 5.92 Å². The van der Waals surface area contributed by atoms with Gasteiger partial charge in [-0.3, -0.25) is 9.59 Å². The Morgan fingerprint density at radius 2 is 1.88 bits per heavy atom. The van der Waals surface area contributed by atoms with Crippen LogP contribution >= 0.6 is 11.3 Å². The quantitative estimate of drug-likeness (QED) is 0.431. The van der Waals surface area contributed by atoms with Crippen LogP contribution in [0.15, 0.2) is 58.1 Å². The topological polar surface area (TPSA) is 82.8 Å². The van der Waals surface area contributed by atoms with Gasteiger partial charge in [0.2, 0.25) is 4.96 Å². The third-order valence-electron chi connectivity index (χ3n) is 4.87. The highest BCUT2D eigenvalue weighted by molar-refractivity contribution is 7.15. The number of ether oxygens (including phenoxy) is 2. The van der Waals surface area contributed by atoms with Crippen molar-refractivity contribution >= 4 is 22.4 Å². The zero-order valence-corrected chi connectivity index (χ0v) is 18.9. The van der Waals surface area contributed by atoms with Crippen molar-refractivity contribution in [2.45, 2.75) is 20.3 Å². The highest BCUT2D eigenvalue weighted by atomic mass is 32.1. The molecule has 8 heteroatoms. The summed E-state index contributed by atoms with van der Waals surface area (Å²) in [5, 5.41) is 4.28. The Morgan fingerprint density at radius 3 is 2.59 bits per heavy atom. The Hall–Kier alpha value is -3.52. The van der Waals surface area contributed by atoms with E-state index < -0.39 is 5.56 Å². The first-order valence-electron chi connectivity index (χ1n) is 10.3. The molecule has 0 saturated heterocycles. The van der Waals surface area contributed by atoms with Gasteiger partial charge in [0.15, 0.2) is 17.2 Å². The van der Waals surface area contributed by atoms with E-state index in [1.807, 2.05) is 24.3 Å². The van der Waals surface area contributed by atoms with Gasteiger partial charge in [0.25, 0.3) is 5.56 Å². The van der Waals surface area contributed by atoms with E-state index in [0.29, 0.717) is 34.1 Å². The molecule has 7 nitrogen and oxygen atoms in total. The van der Waals surface area contributed by atoms with Crippen LogP contribution in [0.2, 0.25) is 0 Å². The van der Waals surface area contributed by atoms with E-state index in [0.717, 1.165) is 23.3 Å². The van der Waals surface area contributed by atoms with Crippen LogP contribution in [0.4, 0.5) is 0 Å². The van der Waals surface area contributed by atoms with Crippen LogP contribution in [0.5, 0.6) is 11.5 Å². The summed E-state index contributed by atoms with van der Waals surface area (Å²) in [4.78, 5) is 29.7. The Balaban J connectivity index is 1.72. The van der Waals surface area contributed by atoms with Crippen molar-refractivity contribution in [1.82, 2.24) is 14.6 Å². The number of rotatable bonds is 7. The lowest BCUT2D eigenvalue weighted by atomic mass is 10.1. The van der Waals surface area contributed by atoms with Gasteiger partial charge in [-0.05, 0) is 36.1 Å². The summed E-state index contributed by atoms with van der Waals surface area (Å²) in [5.74, 6) is 1.80. The van der Waals surface area contributed by atoms with Gasteiger partial charge >= 0.3 is 5.56 Å². The lowest BCUT2D eigenvalue weighted by Crippen LogP contribution is -2.26. The molecule has 0 unspecified atom stereocenters. The van der Waals surface area contributed by atoms with Crippen LogP contribution in [-0.4, -0.2) is 28.3 Å². The van der Waals surface area contributed by atoms with Gasteiger partial charge in [-0.2, -0.15) is 14.6 Å². The van der Waals surface area contributed by atoms with Gasteiger partial charge in [-0.15, -0.1) is 0 Å². The van der Waals surface area contributed by atoms with Crippen molar-refractivity contribution in [3.05, 3.63) is 79.3 Å². The van der Waals surface area contributed by atoms with Gasteiger partial charge in [-0.25, -0.2) is 0 Å². The molecule has 4 rings (SSSR count). The number of hydrogen-bond donors (Lipinski definition) is 0. The van der Waals surface area contributed by atoms with Gasteiger partial charge in [0.1, 0.15) is 0 Å². The second-order valence-electron chi connectivity index (χ2n) is 7.68. The molecular weight excluding hydrogens is 426 g/mol. The minimum absolute atomic E-state index is 0.147. The van der Waals surface area contributed by atoms with E-state index in [9.17, 15) is 9.59 Å². The normalized spacial score (nSPS) is 11.9. The molecule has 4 aromatic rings. The molecule has 2 heterocycles. The molecule has 0 aliphatic carbocycles. The zero-order valence-electron chi connectivity index (χ0n) is 18.1. The molecule has 0 radical (unpaired) electrons. The predicted molar refractivity (Wildman–Crippen MR) is 126 cm³/mol. The Morgan fingerprint density at radius 1 is 1.09 bits per heavy atom. The van der Waals surface area contributed by atoms with Gasteiger partial charge in [0, 0.05) is 5.56 Å². The van der Waals surface area contributed by atoms with Crippen molar-refractivity contribution in [1.29, 1.82) is 0 Å². The average molecular weight is 450 g/mol. The van der Waals surface area contributed by atoms with Crippen LogP contribution in [0.3, 0.4) is 0 Å². The number of benzene rings is 2. The molecule has 2 aromatic carbocycles. The largest absolute Gasteiger partial charge is 0.493 e. The molecule has 0 bridgehead atoms. The summed E-state index contributed by atoms with van der Waals surface area (Å²) in [6, 6.07) is 14.5. The average Bonchev–Trinajstić information content (AvgIpc) is 3.08. The maximum Gasteiger partial charge on any atom is 0.300 e. The minimum Gasteiger partial charge on any atom is -0.493 e. The van der Waals surface area contributed by atoms with Crippen LogP contribution in [0, 0.1) is 5.92 Å². The fourth-order valence-electron chi connectivity index (χ4n) is 3.14. The van der Waals surface area contributed by atoms with E-state index in [1.165, 1.54) is 4.52 Å². The molecule has 0 N–H and O–H groups in total. The SMILES string of the molecule is COc1cc(C=c2sc3nc(=O)c(-c4ccccc4)nn3c2=O)ccc1OCCC(C)C. The number of nitrogens with zero attached hydrogens (tertiary/aromatic N) is 3. The summed E-state index contributed by atoms with van der Waals surface area (Å²) in [5.41, 5.74) is 0.745. The van der Waals surface area contributed by atoms with Crippen molar-refractivity contribution in [3.8, 4) is 22.8 Å². The first kappa shape index (κ1) is 21.7. The van der Waals surface area contributed by atoms with Crippen LogP contribution < -0.4 is 25.1 Å². The van der Waals surface area contributed by atoms with Crippen molar-refractivity contribution < 1.29 is 9.47 Å². The molecule has 2 aromatic heterocycles. The van der Waals surface area contributed by atoms with Gasteiger partial charge in [-0.1, -0.05) is 61.6 Å². The minimum atomic E-state index is -0.464. The van der Waals surface area contributed by atoms with Crippen LogP contribution in [-0.2, 0) is 0 Å². The van der Waals surface area contributed by atoms with E-state index in [2.05, 4.69) is 23.9 Å². The first-order valence-corrected chi connectivity index (χ1v) is 11.1. The van der Waals surface area contributed by atoms with E-state index in [1.54, 1.807) is 37.5 Å². The van der Waals surface area contributed by atoms with Crippen LogP contribution in [0.1, 0.15) is 25.8 Å². The standard InChI is InChI=1S/C24H23N3O4S/c1-15(2)11-12-31-18-10-9-16(13-19(18)30-3)14-20-23(29)27-24(32-20)25-22(28)21(26-27)17-7-5-4-6-8-17/h4-10,13-15H,11-12H2,1-3H3. The molecule has 0 aliphatic rings. The lowest BCUT2D eigenvalue weighted by molar-refractivity contribution is 0.273. The molecule has 0 saturated carbocycles. The zero-order chi connectivity index (χ0) is 22.7. The lowest BCUT2D eigenvalue weighted by Gasteiger charge is -2.12. The summed E-state index contributed by atoms with van der Waals surface area (Å²) in [6.07, 6.45) is 2.68. The fourth-order valence-corrected chi connectivity index (χ4v) is 4.04. The molecule has 164 valence electrons. The summed E-state index contributed by atoms with van der Waals surface area (Å²) in [7, 11) is 1.58. The highest BCUT2D eigenvalue weighted by Crippen LogP contribution is 2.28. The third kappa shape index (κ3) is 4.55. The van der Waals surface area contributed by atoms with Crippen LogP contribution in [0.25, 0.3) is 22.3 Å². The summed E-state index contributed by atoms with van der Waals surface area (Å²) < 4.78 is 12.9. The maximum atomic E-state index is 12.9. The van der Waals surface area contributed by atoms with Crippen molar-refractivity contribution in [3.63, 3.8) is 0 Å². The van der Waals surface area contributed by atoms with E-state index >= 15 is 0 Å². The number of methoxy groups -OCH3 is 1. The molecule has 0 spiro atoms. The maximum absolute atomic E-state index is 12.9. The van der Waals surface area contributed by atoms with E-state index in [-0.39, 0.29) is 16.2 Å². The van der Waals surface area contributed by atoms with Gasteiger partial charge < -0.3 is 9.47 Å². The smallest absolute Gasteiger partial charge is 0.300 e. The second-order valence-corrected chi connectivity index (χ2v) is 8.69. The fraction of sp³-hybridized carbons (Fsp3) is 0.250. The second kappa shape index (κ2) is 9.32. The molecule has 32 heavy (non-hydrogen) atoms. The third-order valence-corrected chi connectivity index (χ3v) is 5.83. The molecule has 0 fully saturated rings. The monoisotopic (exact) mass is 449 g/mol. The molecular formula is C24H23N3O4S. The summed E-state index contributed by atoms with van der Waals surface area (Å²) >= 11 is 1.12. The number of hydrogen-bond acceptors (Lipinski definition) is 7. The number of fused-ring (bicyclic) bond motifs is 1. The first-order chi connectivity index (χ1) is 15.5. The van der Waals surface area contributed by atoms with Gasteiger partial charge in [0.05, 0.1) is 18.2 Å². The number of thiazole rings is 1. The number of aromatic nitrogens is 3. The Bertz CT molecular complexity index is 1410. The Labute approximate surface area is 188 Å².